The predicted molar refractivity (Wildman–Crippen MR) is 97.6 cm³/mol. The van der Waals surface area contributed by atoms with E-state index in [-0.39, 0.29) is 10.5 Å². The molecule has 3 N–H and O–H groups in total. The van der Waals surface area contributed by atoms with Crippen molar-refractivity contribution in [2.45, 2.75) is 18.7 Å². The van der Waals surface area contributed by atoms with E-state index in [1.807, 2.05) is 6.92 Å². The fourth-order valence-corrected chi connectivity index (χ4v) is 4.14. The third kappa shape index (κ3) is 3.73. The van der Waals surface area contributed by atoms with Gasteiger partial charge in [0, 0.05) is 24.5 Å². The average Bonchev–Trinajstić information content (AvgIpc) is 2.81. The third-order valence-corrected chi connectivity index (χ3v) is 6.71. The van der Waals surface area contributed by atoms with Crippen molar-refractivity contribution in [3.8, 4) is 0 Å². The summed E-state index contributed by atoms with van der Waals surface area (Å²) in [5.41, 5.74) is 6.69. The molecule has 25 heavy (non-hydrogen) atoms. The van der Waals surface area contributed by atoms with Crippen molar-refractivity contribution >= 4 is 38.2 Å². The fourth-order valence-electron chi connectivity index (χ4n) is 2.18. The molecule has 2 aromatic rings. The number of primary amides is 1. The number of nitrogens with two attached hydrogens (primary N) is 1. The van der Waals surface area contributed by atoms with Crippen molar-refractivity contribution in [2.75, 3.05) is 19.4 Å². The summed E-state index contributed by atoms with van der Waals surface area (Å²) in [4.78, 5) is 25.0. The fraction of sp³-hybridized carbons (Fsp3) is 0.250. The molecule has 9 heteroatoms. The lowest BCUT2D eigenvalue weighted by Gasteiger charge is -2.11. The number of hydrogen-bond acceptors (Lipinski definition) is 5. The Bertz CT molecular complexity index is 929. The van der Waals surface area contributed by atoms with Crippen LogP contribution >= 0.6 is 11.3 Å². The van der Waals surface area contributed by atoms with Crippen molar-refractivity contribution in [3.05, 3.63) is 45.8 Å². The lowest BCUT2D eigenvalue weighted by Crippen LogP contribution is -2.22. The van der Waals surface area contributed by atoms with Gasteiger partial charge in [-0.3, -0.25) is 9.59 Å². The third-order valence-electron chi connectivity index (χ3n) is 3.75. The maximum atomic E-state index is 12.4. The Balaban J connectivity index is 2.29. The van der Waals surface area contributed by atoms with Crippen molar-refractivity contribution < 1.29 is 18.0 Å². The zero-order valence-electron chi connectivity index (χ0n) is 14.3. The summed E-state index contributed by atoms with van der Waals surface area (Å²) in [6.07, 6.45) is 0. The van der Waals surface area contributed by atoms with Crippen LogP contribution < -0.4 is 11.1 Å². The lowest BCUT2D eigenvalue weighted by atomic mass is 10.1. The molecule has 0 atom stereocenters. The van der Waals surface area contributed by atoms with Crippen molar-refractivity contribution in [1.29, 1.82) is 0 Å². The largest absolute Gasteiger partial charge is 0.365 e. The monoisotopic (exact) mass is 381 g/mol. The van der Waals surface area contributed by atoms with E-state index in [2.05, 4.69) is 5.32 Å². The van der Waals surface area contributed by atoms with Crippen LogP contribution in [-0.2, 0) is 10.0 Å². The maximum absolute atomic E-state index is 12.4. The van der Waals surface area contributed by atoms with Crippen LogP contribution in [0, 0.1) is 13.8 Å². The Kier molecular flexibility index (Phi) is 5.31. The highest BCUT2D eigenvalue weighted by atomic mass is 32.2. The maximum Gasteiger partial charge on any atom is 0.256 e. The average molecular weight is 381 g/mol. The molecule has 2 rings (SSSR count). The van der Waals surface area contributed by atoms with Gasteiger partial charge in [0.05, 0.1) is 10.5 Å². The molecule has 0 bridgehead atoms. The number of hydrogen-bond donors (Lipinski definition) is 2. The van der Waals surface area contributed by atoms with E-state index >= 15 is 0 Å². The van der Waals surface area contributed by atoms with Gasteiger partial charge in [0.15, 0.2) is 0 Å². The number of carbonyl (C=O) groups is 2. The highest BCUT2D eigenvalue weighted by Gasteiger charge is 2.21. The smallest absolute Gasteiger partial charge is 0.256 e. The molecular formula is C16H19N3O4S2. The number of thiophene rings is 1. The van der Waals surface area contributed by atoms with E-state index in [1.165, 1.54) is 49.7 Å². The summed E-state index contributed by atoms with van der Waals surface area (Å²) in [7, 11) is -0.689. The molecule has 0 aliphatic carbocycles. The molecule has 0 unspecified atom stereocenters. The van der Waals surface area contributed by atoms with Gasteiger partial charge in [0.25, 0.3) is 11.8 Å². The first-order chi connectivity index (χ1) is 11.6. The van der Waals surface area contributed by atoms with Gasteiger partial charge in [-0.15, -0.1) is 11.3 Å². The summed E-state index contributed by atoms with van der Waals surface area (Å²) in [5, 5.41) is 3.06. The zero-order valence-corrected chi connectivity index (χ0v) is 15.9. The van der Waals surface area contributed by atoms with E-state index < -0.39 is 21.8 Å². The standard InChI is InChI=1S/C16H19N3O4S2/c1-9-10(2)24-16(13(9)14(17)20)18-15(21)11-5-7-12(8-6-11)25(22,23)19(3)4/h5-8H,1-4H3,(H2,17,20)(H,18,21). The van der Waals surface area contributed by atoms with Crippen LogP contribution in [0.3, 0.4) is 0 Å². The first-order valence-corrected chi connectivity index (χ1v) is 9.55. The summed E-state index contributed by atoms with van der Waals surface area (Å²) in [6.45, 7) is 3.60. The topological polar surface area (TPSA) is 110 Å². The van der Waals surface area contributed by atoms with E-state index in [0.29, 0.717) is 10.6 Å². The lowest BCUT2D eigenvalue weighted by molar-refractivity contribution is 0.100. The van der Waals surface area contributed by atoms with Gasteiger partial charge in [-0.2, -0.15) is 0 Å². The molecule has 2 amide bonds. The highest BCUT2D eigenvalue weighted by molar-refractivity contribution is 7.89. The van der Waals surface area contributed by atoms with Gasteiger partial charge in [0.1, 0.15) is 5.00 Å². The van der Waals surface area contributed by atoms with E-state index in [0.717, 1.165) is 14.7 Å². The molecule has 0 saturated heterocycles. The highest BCUT2D eigenvalue weighted by Crippen LogP contribution is 2.32. The summed E-state index contributed by atoms with van der Waals surface area (Å²) in [6, 6.07) is 5.57. The van der Waals surface area contributed by atoms with Gasteiger partial charge < -0.3 is 11.1 Å². The Morgan fingerprint density at radius 3 is 2.16 bits per heavy atom. The molecular weight excluding hydrogens is 362 g/mol. The minimum Gasteiger partial charge on any atom is -0.365 e. The normalized spacial score (nSPS) is 11.6. The van der Waals surface area contributed by atoms with Crippen LogP contribution in [0.15, 0.2) is 29.2 Å². The van der Waals surface area contributed by atoms with Crippen LogP contribution in [0.4, 0.5) is 5.00 Å². The van der Waals surface area contributed by atoms with Crippen LogP contribution in [0.5, 0.6) is 0 Å². The second-order valence-corrected chi connectivity index (χ2v) is 8.99. The van der Waals surface area contributed by atoms with Crippen LogP contribution in [0.1, 0.15) is 31.2 Å². The SMILES string of the molecule is Cc1sc(NC(=O)c2ccc(S(=O)(=O)N(C)C)cc2)c(C(N)=O)c1C. The van der Waals surface area contributed by atoms with E-state index in [9.17, 15) is 18.0 Å². The summed E-state index contributed by atoms with van der Waals surface area (Å²) >= 11 is 1.27. The number of anilines is 1. The molecule has 0 fully saturated rings. The molecule has 0 saturated carbocycles. The number of aryl methyl sites for hydroxylation is 1. The Morgan fingerprint density at radius 1 is 1.12 bits per heavy atom. The van der Waals surface area contributed by atoms with Crippen molar-refractivity contribution in [2.24, 2.45) is 5.73 Å². The Hall–Kier alpha value is -2.23. The number of amides is 2. The van der Waals surface area contributed by atoms with Crippen molar-refractivity contribution in [3.63, 3.8) is 0 Å². The Labute approximate surface area is 150 Å². The van der Waals surface area contributed by atoms with Gasteiger partial charge in [-0.1, -0.05) is 0 Å². The quantitative estimate of drug-likeness (QED) is 0.825. The second kappa shape index (κ2) is 6.95. The van der Waals surface area contributed by atoms with E-state index in [4.69, 9.17) is 5.73 Å². The number of carbonyl (C=O) groups excluding carboxylic acids is 2. The second-order valence-electron chi connectivity index (χ2n) is 5.62. The van der Waals surface area contributed by atoms with Crippen LogP contribution in [-0.4, -0.2) is 38.6 Å². The van der Waals surface area contributed by atoms with Gasteiger partial charge >= 0.3 is 0 Å². The van der Waals surface area contributed by atoms with Crippen LogP contribution in [0.2, 0.25) is 0 Å². The molecule has 0 aliphatic heterocycles. The molecule has 134 valence electrons. The Morgan fingerprint density at radius 2 is 1.68 bits per heavy atom. The molecule has 0 radical (unpaired) electrons. The van der Waals surface area contributed by atoms with Gasteiger partial charge in [-0.25, -0.2) is 12.7 Å². The molecule has 0 spiro atoms. The van der Waals surface area contributed by atoms with E-state index in [1.54, 1.807) is 6.92 Å². The molecule has 1 aromatic heterocycles. The molecule has 0 aliphatic rings. The number of sulfonamides is 1. The summed E-state index contributed by atoms with van der Waals surface area (Å²) < 4.78 is 25.2. The minimum absolute atomic E-state index is 0.0923. The number of nitrogens with zero attached hydrogens (tertiary/aromatic N) is 1. The predicted octanol–water partition coefficient (Wildman–Crippen LogP) is 1.97. The molecule has 1 aromatic carbocycles. The first-order valence-electron chi connectivity index (χ1n) is 7.29. The van der Waals surface area contributed by atoms with Gasteiger partial charge in [0.2, 0.25) is 10.0 Å². The number of nitrogens with one attached hydrogen (secondary N) is 1. The van der Waals surface area contributed by atoms with Crippen molar-refractivity contribution in [1.82, 2.24) is 4.31 Å². The van der Waals surface area contributed by atoms with Gasteiger partial charge in [-0.05, 0) is 43.7 Å². The summed E-state index contributed by atoms with van der Waals surface area (Å²) in [5.74, 6) is -1.05. The van der Waals surface area contributed by atoms with Crippen LogP contribution in [0.25, 0.3) is 0 Å². The zero-order chi connectivity index (χ0) is 18.9. The first kappa shape index (κ1) is 19.1. The molecule has 1 heterocycles. The number of benzene rings is 1. The molecule has 7 nitrogen and oxygen atoms in total. The number of rotatable bonds is 5. The minimum atomic E-state index is -3.56.